The number of fused-ring (bicyclic) bond motifs is 1. The zero-order valence-electron chi connectivity index (χ0n) is 8.79. The molecular weight excluding hydrogens is 202 g/mol. The SMILES string of the molecule is CC12CC(c3nc4ccccc4s3)(C1)C2. The molecule has 2 aromatic rings. The lowest BCUT2D eigenvalue weighted by molar-refractivity contribution is -0.125. The zero-order valence-corrected chi connectivity index (χ0v) is 9.60. The Morgan fingerprint density at radius 3 is 2.60 bits per heavy atom. The molecule has 0 saturated heterocycles. The lowest BCUT2D eigenvalue weighted by Crippen LogP contribution is -2.62. The molecular formula is C13H13NS. The highest BCUT2D eigenvalue weighted by Gasteiger charge is 2.66. The first-order valence-electron chi connectivity index (χ1n) is 5.55. The van der Waals surface area contributed by atoms with E-state index in [1.165, 1.54) is 34.5 Å². The van der Waals surface area contributed by atoms with Gasteiger partial charge < -0.3 is 0 Å². The summed E-state index contributed by atoms with van der Waals surface area (Å²) in [6.45, 7) is 2.40. The highest BCUT2D eigenvalue weighted by molar-refractivity contribution is 7.18. The van der Waals surface area contributed by atoms with Gasteiger partial charge in [-0.2, -0.15) is 0 Å². The van der Waals surface area contributed by atoms with Gasteiger partial charge in [0.15, 0.2) is 0 Å². The van der Waals surface area contributed by atoms with Gasteiger partial charge in [0, 0.05) is 5.41 Å². The molecule has 15 heavy (non-hydrogen) atoms. The van der Waals surface area contributed by atoms with Crippen molar-refractivity contribution in [2.24, 2.45) is 5.41 Å². The van der Waals surface area contributed by atoms with Gasteiger partial charge in [-0.15, -0.1) is 11.3 Å². The van der Waals surface area contributed by atoms with Gasteiger partial charge in [0.2, 0.25) is 0 Å². The Labute approximate surface area is 93.2 Å². The smallest absolute Gasteiger partial charge is 0.100 e. The summed E-state index contributed by atoms with van der Waals surface area (Å²) in [5.41, 5.74) is 2.36. The Hall–Kier alpha value is -0.890. The number of benzene rings is 1. The second-order valence-electron chi connectivity index (χ2n) is 5.61. The maximum absolute atomic E-state index is 4.79. The van der Waals surface area contributed by atoms with Crippen molar-refractivity contribution in [2.45, 2.75) is 31.6 Å². The molecule has 2 bridgehead atoms. The van der Waals surface area contributed by atoms with Crippen LogP contribution in [0.1, 0.15) is 31.2 Å². The van der Waals surface area contributed by atoms with Gasteiger partial charge in [0.05, 0.1) is 10.2 Å². The van der Waals surface area contributed by atoms with Crippen molar-refractivity contribution in [1.82, 2.24) is 4.98 Å². The predicted octanol–water partition coefficient (Wildman–Crippen LogP) is 3.74. The fraction of sp³-hybridized carbons (Fsp3) is 0.462. The molecule has 0 unspecified atom stereocenters. The monoisotopic (exact) mass is 215 g/mol. The highest BCUT2D eigenvalue weighted by atomic mass is 32.1. The average molecular weight is 215 g/mol. The van der Waals surface area contributed by atoms with Crippen LogP contribution in [-0.2, 0) is 5.41 Å². The van der Waals surface area contributed by atoms with E-state index in [0.717, 1.165) is 0 Å². The van der Waals surface area contributed by atoms with E-state index in [-0.39, 0.29) is 0 Å². The molecule has 5 rings (SSSR count). The van der Waals surface area contributed by atoms with E-state index in [9.17, 15) is 0 Å². The average Bonchev–Trinajstić information content (AvgIpc) is 2.54. The highest BCUT2D eigenvalue weighted by Crippen LogP contribution is 2.73. The fourth-order valence-corrected chi connectivity index (χ4v) is 4.77. The molecule has 2 heteroatoms. The number of hydrogen-bond acceptors (Lipinski definition) is 2. The van der Waals surface area contributed by atoms with Gasteiger partial charge in [-0.3, -0.25) is 0 Å². The van der Waals surface area contributed by atoms with Gasteiger partial charge >= 0.3 is 0 Å². The van der Waals surface area contributed by atoms with Crippen LogP contribution < -0.4 is 0 Å². The third kappa shape index (κ3) is 0.913. The standard InChI is InChI=1S/C13H13NS/c1-12-6-13(7-12,8-12)11-14-9-4-2-3-5-10(9)15-11/h2-5H,6-8H2,1H3. The molecule has 1 heterocycles. The summed E-state index contributed by atoms with van der Waals surface area (Å²) in [5.74, 6) is 0. The summed E-state index contributed by atoms with van der Waals surface area (Å²) in [7, 11) is 0. The maximum Gasteiger partial charge on any atom is 0.100 e. The van der Waals surface area contributed by atoms with Crippen LogP contribution in [-0.4, -0.2) is 4.98 Å². The summed E-state index contributed by atoms with van der Waals surface area (Å²) in [6, 6.07) is 8.49. The van der Waals surface area contributed by atoms with Crippen LogP contribution in [0.3, 0.4) is 0 Å². The third-order valence-electron chi connectivity index (χ3n) is 4.04. The number of para-hydroxylation sites is 1. The molecule has 1 aromatic heterocycles. The van der Waals surface area contributed by atoms with Crippen molar-refractivity contribution < 1.29 is 0 Å². The largest absolute Gasteiger partial charge is 0.241 e. The lowest BCUT2D eigenvalue weighted by atomic mass is 9.36. The van der Waals surface area contributed by atoms with E-state index in [1.807, 2.05) is 11.3 Å². The Morgan fingerprint density at radius 1 is 1.20 bits per heavy atom. The summed E-state index contributed by atoms with van der Waals surface area (Å²) >= 11 is 1.91. The van der Waals surface area contributed by atoms with E-state index < -0.39 is 0 Å². The normalized spacial score (nSPS) is 37.4. The van der Waals surface area contributed by atoms with Crippen molar-refractivity contribution in [3.8, 4) is 0 Å². The molecule has 3 aliphatic carbocycles. The second-order valence-corrected chi connectivity index (χ2v) is 6.64. The second kappa shape index (κ2) is 2.27. The molecule has 0 amide bonds. The number of nitrogens with zero attached hydrogens (tertiary/aromatic N) is 1. The van der Waals surface area contributed by atoms with Crippen LogP contribution in [0.4, 0.5) is 0 Å². The van der Waals surface area contributed by atoms with Crippen LogP contribution in [0.25, 0.3) is 10.2 Å². The molecule has 3 aliphatic rings. The van der Waals surface area contributed by atoms with Crippen LogP contribution in [0, 0.1) is 5.41 Å². The summed E-state index contributed by atoms with van der Waals surface area (Å²) in [6.07, 6.45) is 4.12. The van der Waals surface area contributed by atoms with Crippen molar-refractivity contribution in [3.63, 3.8) is 0 Å². The van der Waals surface area contributed by atoms with Crippen LogP contribution in [0.5, 0.6) is 0 Å². The van der Waals surface area contributed by atoms with Gasteiger partial charge in [-0.05, 0) is 36.8 Å². The number of hydrogen-bond donors (Lipinski definition) is 0. The summed E-state index contributed by atoms with van der Waals surface area (Å²) in [5, 5.41) is 1.40. The van der Waals surface area contributed by atoms with Crippen LogP contribution in [0.2, 0.25) is 0 Å². The van der Waals surface area contributed by atoms with E-state index in [0.29, 0.717) is 10.8 Å². The number of aromatic nitrogens is 1. The van der Waals surface area contributed by atoms with Crippen LogP contribution in [0.15, 0.2) is 24.3 Å². The Balaban J connectivity index is 1.83. The first-order valence-corrected chi connectivity index (χ1v) is 6.37. The molecule has 3 fully saturated rings. The first-order chi connectivity index (χ1) is 7.19. The Bertz CT molecular complexity index is 502. The minimum Gasteiger partial charge on any atom is -0.241 e. The molecule has 3 saturated carbocycles. The van der Waals surface area contributed by atoms with Gasteiger partial charge in [0.1, 0.15) is 5.01 Å². The molecule has 76 valence electrons. The molecule has 0 atom stereocenters. The van der Waals surface area contributed by atoms with Crippen molar-refractivity contribution in [3.05, 3.63) is 29.3 Å². The van der Waals surface area contributed by atoms with E-state index in [1.54, 1.807) is 0 Å². The predicted molar refractivity (Wildman–Crippen MR) is 63.3 cm³/mol. The summed E-state index contributed by atoms with van der Waals surface area (Å²) in [4.78, 5) is 4.79. The maximum atomic E-state index is 4.79. The minimum atomic E-state index is 0.498. The quantitative estimate of drug-likeness (QED) is 0.706. The summed E-state index contributed by atoms with van der Waals surface area (Å²) < 4.78 is 1.35. The van der Waals surface area contributed by atoms with Gasteiger partial charge in [0.25, 0.3) is 0 Å². The molecule has 0 aliphatic heterocycles. The molecule has 0 spiro atoms. The molecule has 0 radical (unpaired) electrons. The molecule has 1 aromatic carbocycles. The number of thiazole rings is 1. The van der Waals surface area contributed by atoms with Crippen LogP contribution >= 0.6 is 11.3 Å². The van der Waals surface area contributed by atoms with E-state index >= 15 is 0 Å². The lowest BCUT2D eigenvalue weighted by Gasteiger charge is -2.68. The van der Waals surface area contributed by atoms with Crippen molar-refractivity contribution >= 4 is 21.6 Å². The minimum absolute atomic E-state index is 0.498. The van der Waals surface area contributed by atoms with Gasteiger partial charge in [-0.1, -0.05) is 19.1 Å². The zero-order chi connectivity index (χ0) is 10.1. The Kier molecular flexibility index (Phi) is 1.25. The van der Waals surface area contributed by atoms with Crippen molar-refractivity contribution in [1.29, 1.82) is 0 Å². The van der Waals surface area contributed by atoms with E-state index in [4.69, 9.17) is 4.98 Å². The van der Waals surface area contributed by atoms with Crippen molar-refractivity contribution in [2.75, 3.05) is 0 Å². The third-order valence-corrected chi connectivity index (χ3v) is 5.33. The van der Waals surface area contributed by atoms with Gasteiger partial charge in [-0.25, -0.2) is 4.98 Å². The van der Waals surface area contributed by atoms with E-state index in [2.05, 4.69) is 31.2 Å². The first kappa shape index (κ1) is 8.28. The molecule has 1 nitrogen and oxygen atoms in total. The number of rotatable bonds is 1. The molecule has 0 N–H and O–H groups in total. The topological polar surface area (TPSA) is 12.9 Å². The fourth-order valence-electron chi connectivity index (χ4n) is 3.62. The Morgan fingerprint density at radius 2 is 1.93 bits per heavy atom.